The van der Waals surface area contributed by atoms with Gasteiger partial charge in [0.25, 0.3) is 0 Å². The van der Waals surface area contributed by atoms with Gasteiger partial charge in [0.05, 0.1) is 32.3 Å². The Kier molecular flexibility index (Phi) is 5.30. The number of morpholine rings is 1. The van der Waals surface area contributed by atoms with Crippen LogP contribution in [0.3, 0.4) is 0 Å². The average molecular weight is 292 g/mol. The fraction of sp³-hybridized carbons (Fsp3) is 0.467. The van der Waals surface area contributed by atoms with Crippen molar-refractivity contribution in [3.8, 4) is 0 Å². The van der Waals surface area contributed by atoms with E-state index in [4.69, 9.17) is 4.74 Å². The summed E-state index contributed by atoms with van der Waals surface area (Å²) in [7, 11) is 0. The molecular weight excluding hydrogens is 272 g/mol. The Balaban J connectivity index is 1.96. The Morgan fingerprint density at radius 1 is 1.38 bits per heavy atom. The number of rotatable bonds is 4. The highest BCUT2D eigenvalue weighted by Crippen LogP contribution is 2.13. The number of carbonyl (C=O) groups excluding carboxylic acids is 2. The fourth-order valence-corrected chi connectivity index (χ4v) is 2.32. The summed E-state index contributed by atoms with van der Waals surface area (Å²) in [5.41, 5.74) is 1.58. The zero-order valence-electron chi connectivity index (χ0n) is 12.0. The van der Waals surface area contributed by atoms with E-state index in [2.05, 4.69) is 5.32 Å². The van der Waals surface area contributed by atoms with Crippen LogP contribution in [-0.2, 0) is 20.7 Å². The summed E-state index contributed by atoms with van der Waals surface area (Å²) < 4.78 is 5.26. The number of aliphatic hydroxyl groups excluding tert-OH is 1. The van der Waals surface area contributed by atoms with Gasteiger partial charge in [-0.3, -0.25) is 9.59 Å². The molecule has 0 spiro atoms. The lowest BCUT2D eigenvalue weighted by atomic mass is 10.1. The number of benzene rings is 1. The molecule has 1 fully saturated rings. The van der Waals surface area contributed by atoms with Crippen molar-refractivity contribution < 1.29 is 19.4 Å². The molecule has 1 unspecified atom stereocenters. The van der Waals surface area contributed by atoms with Gasteiger partial charge >= 0.3 is 0 Å². The second-order valence-corrected chi connectivity index (χ2v) is 5.05. The van der Waals surface area contributed by atoms with Gasteiger partial charge in [0, 0.05) is 19.2 Å². The quantitative estimate of drug-likeness (QED) is 0.842. The highest BCUT2D eigenvalue weighted by Gasteiger charge is 2.26. The normalized spacial score (nSPS) is 18.4. The molecule has 0 saturated carbocycles. The maximum atomic E-state index is 12.3. The molecule has 1 atom stereocenters. The molecule has 0 aliphatic carbocycles. The second-order valence-electron chi connectivity index (χ2n) is 5.05. The minimum atomic E-state index is -0.259. The van der Waals surface area contributed by atoms with Gasteiger partial charge in [0.2, 0.25) is 11.8 Å². The maximum Gasteiger partial charge on any atom is 0.227 e. The SMILES string of the molecule is CC(=O)Nc1ccc(CC(=O)N2CCOCC2CO)cc1. The van der Waals surface area contributed by atoms with Crippen molar-refractivity contribution >= 4 is 17.5 Å². The summed E-state index contributed by atoms with van der Waals surface area (Å²) in [6.07, 6.45) is 0.275. The van der Waals surface area contributed by atoms with Crippen molar-refractivity contribution in [3.63, 3.8) is 0 Å². The van der Waals surface area contributed by atoms with Crippen LogP contribution in [0.15, 0.2) is 24.3 Å². The molecule has 2 rings (SSSR count). The van der Waals surface area contributed by atoms with Crippen LogP contribution >= 0.6 is 0 Å². The van der Waals surface area contributed by atoms with E-state index >= 15 is 0 Å². The summed E-state index contributed by atoms with van der Waals surface area (Å²) in [6.45, 7) is 2.75. The minimum Gasteiger partial charge on any atom is -0.394 e. The number of aliphatic hydroxyl groups is 1. The van der Waals surface area contributed by atoms with Crippen LogP contribution in [0.25, 0.3) is 0 Å². The first kappa shape index (κ1) is 15.5. The van der Waals surface area contributed by atoms with Gasteiger partial charge in [0.15, 0.2) is 0 Å². The molecule has 0 aromatic heterocycles. The Hall–Kier alpha value is -1.92. The topological polar surface area (TPSA) is 78.9 Å². The number of hydrogen-bond acceptors (Lipinski definition) is 4. The number of carbonyl (C=O) groups is 2. The summed E-state index contributed by atoms with van der Waals surface area (Å²) >= 11 is 0. The van der Waals surface area contributed by atoms with E-state index < -0.39 is 0 Å². The third kappa shape index (κ3) is 4.27. The van der Waals surface area contributed by atoms with E-state index in [0.29, 0.717) is 25.4 Å². The maximum absolute atomic E-state index is 12.3. The molecular formula is C15H20N2O4. The fourth-order valence-electron chi connectivity index (χ4n) is 2.32. The molecule has 1 heterocycles. The third-order valence-corrected chi connectivity index (χ3v) is 3.39. The molecule has 1 aliphatic rings. The standard InChI is InChI=1S/C15H20N2O4/c1-11(19)16-13-4-2-12(3-5-13)8-15(20)17-6-7-21-10-14(17)9-18/h2-5,14,18H,6-10H2,1H3,(H,16,19). The highest BCUT2D eigenvalue weighted by molar-refractivity contribution is 5.88. The Bertz CT molecular complexity index is 501. The largest absolute Gasteiger partial charge is 0.394 e. The van der Waals surface area contributed by atoms with Crippen LogP contribution < -0.4 is 5.32 Å². The van der Waals surface area contributed by atoms with Gasteiger partial charge in [-0.25, -0.2) is 0 Å². The number of nitrogens with zero attached hydrogens (tertiary/aromatic N) is 1. The number of hydrogen-bond donors (Lipinski definition) is 2. The van der Waals surface area contributed by atoms with Crippen molar-refractivity contribution in [2.75, 3.05) is 31.7 Å². The van der Waals surface area contributed by atoms with Gasteiger partial charge < -0.3 is 20.1 Å². The van der Waals surface area contributed by atoms with E-state index in [9.17, 15) is 14.7 Å². The van der Waals surface area contributed by atoms with Crippen LogP contribution in [0.1, 0.15) is 12.5 Å². The lowest BCUT2D eigenvalue weighted by Gasteiger charge is -2.34. The lowest BCUT2D eigenvalue weighted by molar-refractivity contribution is -0.140. The summed E-state index contributed by atoms with van der Waals surface area (Å²) in [5.74, 6) is -0.150. The van der Waals surface area contributed by atoms with E-state index in [1.165, 1.54) is 6.92 Å². The minimum absolute atomic E-state index is 0.0235. The average Bonchev–Trinajstić information content (AvgIpc) is 2.48. The summed E-state index contributed by atoms with van der Waals surface area (Å²) in [4.78, 5) is 24.9. The molecule has 0 bridgehead atoms. The number of ether oxygens (including phenoxy) is 1. The molecule has 6 nitrogen and oxygen atoms in total. The lowest BCUT2D eigenvalue weighted by Crippen LogP contribution is -2.51. The molecule has 114 valence electrons. The summed E-state index contributed by atoms with van der Waals surface area (Å²) in [6, 6.07) is 6.92. The van der Waals surface area contributed by atoms with Crippen molar-refractivity contribution in [1.29, 1.82) is 0 Å². The smallest absolute Gasteiger partial charge is 0.227 e. The first-order chi connectivity index (χ1) is 10.1. The van der Waals surface area contributed by atoms with E-state index in [1.807, 2.05) is 12.1 Å². The molecule has 1 aromatic rings. The van der Waals surface area contributed by atoms with Gasteiger partial charge in [-0.1, -0.05) is 12.1 Å². The molecule has 2 N–H and O–H groups in total. The molecule has 1 aromatic carbocycles. The van der Waals surface area contributed by atoms with Gasteiger partial charge in [-0.15, -0.1) is 0 Å². The Morgan fingerprint density at radius 3 is 2.71 bits per heavy atom. The second kappa shape index (κ2) is 7.19. The summed E-state index contributed by atoms with van der Waals surface area (Å²) in [5, 5.41) is 12.0. The number of nitrogens with one attached hydrogen (secondary N) is 1. The highest BCUT2D eigenvalue weighted by atomic mass is 16.5. The monoisotopic (exact) mass is 292 g/mol. The van der Waals surface area contributed by atoms with Crippen molar-refractivity contribution in [3.05, 3.63) is 29.8 Å². The van der Waals surface area contributed by atoms with E-state index in [1.54, 1.807) is 17.0 Å². The first-order valence-electron chi connectivity index (χ1n) is 6.94. The third-order valence-electron chi connectivity index (χ3n) is 3.39. The molecule has 1 aliphatic heterocycles. The molecule has 0 radical (unpaired) electrons. The number of amides is 2. The van der Waals surface area contributed by atoms with E-state index in [-0.39, 0.29) is 30.9 Å². The van der Waals surface area contributed by atoms with E-state index in [0.717, 1.165) is 5.56 Å². The van der Waals surface area contributed by atoms with Crippen LogP contribution in [0.4, 0.5) is 5.69 Å². The van der Waals surface area contributed by atoms with Crippen molar-refractivity contribution in [2.45, 2.75) is 19.4 Å². The molecule has 1 saturated heterocycles. The molecule has 2 amide bonds. The zero-order valence-corrected chi connectivity index (χ0v) is 12.0. The first-order valence-corrected chi connectivity index (χ1v) is 6.94. The Labute approximate surface area is 123 Å². The van der Waals surface area contributed by atoms with Crippen molar-refractivity contribution in [1.82, 2.24) is 4.90 Å². The Morgan fingerprint density at radius 2 is 2.10 bits per heavy atom. The van der Waals surface area contributed by atoms with Gasteiger partial charge in [0.1, 0.15) is 0 Å². The van der Waals surface area contributed by atoms with Crippen molar-refractivity contribution in [2.24, 2.45) is 0 Å². The van der Waals surface area contributed by atoms with Crippen LogP contribution in [0.2, 0.25) is 0 Å². The predicted octanol–water partition coefficient (Wildman–Crippen LogP) is 0.407. The van der Waals surface area contributed by atoms with Gasteiger partial charge in [-0.05, 0) is 17.7 Å². The zero-order chi connectivity index (χ0) is 15.2. The van der Waals surface area contributed by atoms with Gasteiger partial charge in [-0.2, -0.15) is 0 Å². The predicted molar refractivity (Wildman–Crippen MR) is 77.9 cm³/mol. The van der Waals surface area contributed by atoms with Crippen LogP contribution in [0.5, 0.6) is 0 Å². The van der Waals surface area contributed by atoms with Crippen LogP contribution in [0, 0.1) is 0 Å². The van der Waals surface area contributed by atoms with Crippen LogP contribution in [-0.4, -0.2) is 54.2 Å². The molecule has 21 heavy (non-hydrogen) atoms. The molecule has 6 heteroatoms. The number of anilines is 1.